The predicted molar refractivity (Wildman–Crippen MR) is 95.3 cm³/mol. The summed E-state index contributed by atoms with van der Waals surface area (Å²) in [5, 5.41) is 6.42. The molecule has 2 atom stereocenters. The Morgan fingerprint density at radius 3 is 2.71 bits per heavy atom. The van der Waals surface area contributed by atoms with Gasteiger partial charge in [-0.1, -0.05) is 18.2 Å². The fraction of sp³-hybridized carbons (Fsp3) is 0.632. The average molecular weight is 334 g/mol. The van der Waals surface area contributed by atoms with Gasteiger partial charge in [0, 0.05) is 30.6 Å². The Balaban J connectivity index is 1.94. The number of carbonyl (C=O) groups excluding carboxylic acids is 1. The maximum Gasteiger partial charge on any atom is 0.407 e. The standard InChI is InChI=1S/C19H30N2O3/c1-13(12-20-17(22)24-18(2,3)4)21-15-11-19(5,6)23-16-10-8-7-9-14(15)16/h7-10,13,15,21H,11-12H2,1-6H3,(H,20,22). The first kappa shape index (κ1) is 18.6. The Morgan fingerprint density at radius 1 is 1.38 bits per heavy atom. The second-order valence-electron chi connectivity index (χ2n) is 8.11. The van der Waals surface area contributed by atoms with E-state index in [9.17, 15) is 4.79 Å². The maximum absolute atomic E-state index is 11.8. The zero-order chi connectivity index (χ0) is 18.0. The minimum atomic E-state index is -0.482. The molecule has 1 aliphatic rings. The van der Waals surface area contributed by atoms with Gasteiger partial charge < -0.3 is 20.1 Å². The fourth-order valence-electron chi connectivity index (χ4n) is 2.90. The van der Waals surface area contributed by atoms with Gasteiger partial charge in [-0.3, -0.25) is 0 Å². The SMILES string of the molecule is CC(CNC(=O)OC(C)(C)C)NC1CC(C)(C)Oc2ccccc21. The van der Waals surface area contributed by atoms with Gasteiger partial charge in [-0.25, -0.2) is 4.79 Å². The highest BCUT2D eigenvalue weighted by Crippen LogP contribution is 2.39. The van der Waals surface area contributed by atoms with Gasteiger partial charge in [0.1, 0.15) is 17.0 Å². The van der Waals surface area contributed by atoms with Gasteiger partial charge in [0.05, 0.1) is 0 Å². The molecule has 1 aliphatic heterocycles. The second kappa shape index (κ2) is 7.01. The number of para-hydroxylation sites is 1. The molecular weight excluding hydrogens is 304 g/mol. The van der Waals surface area contributed by atoms with E-state index in [-0.39, 0.29) is 23.8 Å². The van der Waals surface area contributed by atoms with Crippen molar-refractivity contribution in [3.05, 3.63) is 29.8 Å². The highest BCUT2D eigenvalue weighted by molar-refractivity contribution is 5.67. The van der Waals surface area contributed by atoms with E-state index in [0.29, 0.717) is 6.54 Å². The Kier molecular flexibility index (Phi) is 5.43. The highest BCUT2D eigenvalue weighted by atomic mass is 16.6. The molecule has 0 aliphatic carbocycles. The monoisotopic (exact) mass is 334 g/mol. The number of fused-ring (bicyclic) bond motifs is 1. The quantitative estimate of drug-likeness (QED) is 0.879. The zero-order valence-electron chi connectivity index (χ0n) is 15.6. The molecule has 0 spiro atoms. The van der Waals surface area contributed by atoms with Gasteiger partial charge >= 0.3 is 6.09 Å². The first-order valence-corrected chi connectivity index (χ1v) is 8.56. The molecule has 0 fully saturated rings. The Hall–Kier alpha value is -1.75. The summed E-state index contributed by atoms with van der Waals surface area (Å²) < 4.78 is 11.3. The van der Waals surface area contributed by atoms with Crippen LogP contribution < -0.4 is 15.4 Å². The van der Waals surface area contributed by atoms with Crippen molar-refractivity contribution in [3.8, 4) is 5.75 Å². The third-order valence-corrected chi connectivity index (χ3v) is 3.81. The molecule has 0 aromatic heterocycles. The number of rotatable bonds is 4. The van der Waals surface area contributed by atoms with Crippen LogP contribution in [0, 0.1) is 0 Å². The third-order valence-electron chi connectivity index (χ3n) is 3.81. The molecule has 2 unspecified atom stereocenters. The molecular formula is C19H30N2O3. The van der Waals surface area contributed by atoms with E-state index >= 15 is 0 Å². The van der Waals surface area contributed by atoms with Crippen LogP contribution in [-0.2, 0) is 4.74 Å². The molecule has 5 heteroatoms. The summed E-state index contributed by atoms with van der Waals surface area (Å²) in [5.74, 6) is 0.929. The first-order chi connectivity index (χ1) is 11.1. The lowest BCUT2D eigenvalue weighted by Crippen LogP contribution is -2.46. The topological polar surface area (TPSA) is 59.6 Å². The summed E-state index contributed by atoms with van der Waals surface area (Å²) in [4.78, 5) is 11.8. The van der Waals surface area contributed by atoms with E-state index < -0.39 is 5.60 Å². The van der Waals surface area contributed by atoms with Crippen molar-refractivity contribution in [2.24, 2.45) is 0 Å². The number of alkyl carbamates (subject to hydrolysis) is 1. The molecule has 1 amide bonds. The molecule has 134 valence electrons. The second-order valence-corrected chi connectivity index (χ2v) is 8.11. The van der Waals surface area contributed by atoms with Gasteiger partial charge in [0.2, 0.25) is 0 Å². The highest BCUT2D eigenvalue weighted by Gasteiger charge is 2.34. The summed E-state index contributed by atoms with van der Waals surface area (Å²) in [6.07, 6.45) is 0.490. The van der Waals surface area contributed by atoms with Crippen LogP contribution >= 0.6 is 0 Å². The minimum absolute atomic E-state index is 0.115. The van der Waals surface area contributed by atoms with Crippen LogP contribution in [0.2, 0.25) is 0 Å². The number of hydrogen-bond donors (Lipinski definition) is 2. The van der Waals surface area contributed by atoms with Gasteiger partial charge in [-0.2, -0.15) is 0 Å². The van der Waals surface area contributed by atoms with Crippen LogP contribution in [0.3, 0.4) is 0 Å². The van der Waals surface area contributed by atoms with Crippen LogP contribution in [-0.4, -0.2) is 29.9 Å². The molecule has 1 aromatic rings. The van der Waals surface area contributed by atoms with Crippen molar-refractivity contribution in [1.29, 1.82) is 0 Å². The predicted octanol–water partition coefficient (Wildman–Crippen LogP) is 3.79. The fourth-order valence-corrected chi connectivity index (χ4v) is 2.90. The number of benzene rings is 1. The minimum Gasteiger partial charge on any atom is -0.487 e. The smallest absolute Gasteiger partial charge is 0.407 e. The van der Waals surface area contributed by atoms with Crippen LogP contribution in [0.4, 0.5) is 4.79 Å². The Bertz CT molecular complexity index is 578. The van der Waals surface area contributed by atoms with Crippen molar-refractivity contribution < 1.29 is 14.3 Å². The molecule has 1 aromatic carbocycles. The molecule has 0 radical (unpaired) electrons. The Labute approximate surface area is 145 Å². The maximum atomic E-state index is 11.8. The molecule has 0 saturated heterocycles. The third kappa shape index (κ3) is 5.41. The van der Waals surface area contributed by atoms with Crippen LogP contribution in [0.15, 0.2) is 24.3 Å². The average Bonchev–Trinajstić information content (AvgIpc) is 2.42. The normalized spacial score (nSPS) is 20.5. The summed E-state index contributed by atoms with van der Waals surface area (Å²) >= 11 is 0. The lowest BCUT2D eigenvalue weighted by molar-refractivity contribution is 0.0508. The number of amides is 1. The summed E-state index contributed by atoms with van der Waals surface area (Å²) in [7, 11) is 0. The molecule has 2 rings (SSSR count). The summed E-state index contributed by atoms with van der Waals surface area (Å²) in [5.41, 5.74) is 0.468. The molecule has 1 heterocycles. The van der Waals surface area contributed by atoms with Gasteiger partial charge in [-0.05, 0) is 47.6 Å². The van der Waals surface area contributed by atoms with Crippen molar-refractivity contribution in [1.82, 2.24) is 10.6 Å². The Morgan fingerprint density at radius 2 is 2.04 bits per heavy atom. The van der Waals surface area contributed by atoms with E-state index in [0.717, 1.165) is 12.2 Å². The number of nitrogens with one attached hydrogen (secondary N) is 2. The van der Waals surface area contributed by atoms with Gasteiger partial charge in [-0.15, -0.1) is 0 Å². The molecule has 24 heavy (non-hydrogen) atoms. The molecule has 0 saturated carbocycles. The number of carbonyl (C=O) groups is 1. The van der Waals surface area contributed by atoms with E-state index in [1.165, 1.54) is 5.56 Å². The molecule has 5 nitrogen and oxygen atoms in total. The van der Waals surface area contributed by atoms with Crippen LogP contribution in [0.25, 0.3) is 0 Å². The van der Waals surface area contributed by atoms with E-state index in [1.54, 1.807) is 0 Å². The lowest BCUT2D eigenvalue weighted by Gasteiger charge is -2.39. The zero-order valence-corrected chi connectivity index (χ0v) is 15.6. The van der Waals surface area contributed by atoms with E-state index in [1.807, 2.05) is 39.0 Å². The van der Waals surface area contributed by atoms with Gasteiger partial charge in [0.15, 0.2) is 0 Å². The van der Waals surface area contributed by atoms with E-state index in [4.69, 9.17) is 9.47 Å². The van der Waals surface area contributed by atoms with Crippen LogP contribution in [0.5, 0.6) is 5.75 Å². The van der Waals surface area contributed by atoms with Crippen LogP contribution in [0.1, 0.15) is 59.6 Å². The van der Waals surface area contributed by atoms with Crippen molar-refractivity contribution >= 4 is 6.09 Å². The summed E-state index contributed by atoms with van der Waals surface area (Å²) in [6, 6.07) is 8.43. The van der Waals surface area contributed by atoms with E-state index in [2.05, 4.69) is 37.5 Å². The lowest BCUT2D eigenvalue weighted by atomic mass is 9.89. The van der Waals surface area contributed by atoms with Crippen molar-refractivity contribution in [2.75, 3.05) is 6.54 Å². The number of hydrogen-bond acceptors (Lipinski definition) is 4. The van der Waals surface area contributed by atoms with Gasteiger partial charge in [0.25, 0.3) is 0 Å². The number of ether oxygens (including phenoxy) is 2. The largest absolute Gasteiger partial charge is 0.487 e. The first-order valence-electron chi connectivity index (χ1n) is 8.56. The van der Waals surface area contributed by atoms with Crippen molar-refractivity contribution in [3.63, 3.8) is 0 Å². The molecule has 2 N–H and O–H groups in total. The van der Waals surface area contributed by atoms with Crippen molar-refractivity contribution in [2.45, 2.75) is 71.2 Å². The summed E-state index contributed by atoms with van der Waals surface area (Å²) in [6.45, 7) is 12.3. The molecule has 0 bridgehead atoms.